The van der Waals surface area contributed by atoms with Gasteiger partial charge in [-0.05, 0) is 37.5 Å². The van der Waals surface area contributed by atoms with E-state index >= 15 is 0 Å². The van der Waals surface area contributed by atoms with Crippen molar-refractivity contribution in [3.63, 3.8) is 0 Å². The topological polar surface area (TPSA) is 29.5 Å². The number of hydrogen-bond donors (Lipinski definition) is 1. The fourth-order valence-corrected chi connectivity index (χ4v) is 3.86. The van der Waals surface area contributed by atoms with Crippen molar-refractivity contribution in [2.45, 2.75) is 38.4 Å². The lowest BCUT2D eigenvalue weighted by Gasteiger charge is -2.54. The fraction of sp³-hybridized carbons (Fsp3) is 0.846. The van der Waals surface area contributed by atoms with Crippen molar-refractivity contribution in [2.24, 2.45) is 23.7 Å². The highest BCUT2D eigenvalue weighted by atomic mass is 16.6. The van der Waals surface area contributed by atoms with Crippen LogP contribution in [0.3, 0.4) is 0 Å². The van der Waals surface area contributed by atoms with Gasteiger partial charge in [-0.2, -0.15) is 0 Å². The second-order valence-corrected chi connectivity index (χ2v) is 5.48. The molecule has 2 heteroatoms. The first-order valence-corrected chi connectivity index (χ1v) is 6.25. The van der Waals surface area contributed by atoms with Crippen molar-refractivity contribution >= 4 is 0 Å². The SMILES string of the molecule is C[C@@H]1CC[C@H]2CC=CC3CCO[C@]1(O)[C@@H]32. The van der Waals surface area contributed by atoms with Crippen LogP contribution in [0.5, 0.6) is 0 Å². The molecule has 0 radical (unpaired) electrons. The maximum Gasteiger partial charge on any atom is 0.171 e. The molecule has 0 aromatic heterocycles. The van der Waals surface area contributed by atoms with Crippen LogP contribution in [0.15, 0.2) is 12.2 Å². The number of hydrogen-bond acceptors (Lipinski definition) is 2. The minimum atomic E-state index is -0.823. The van der Waals surface area contributed by atoms with E-state index in [9.17, 15) is 5.11 Å². The van der Waals surface area contributed by atoms with E-state index in [1.165, 1.54) is 6.42 Å². The van der Waals surface area contributed by atoms with Crippen LogP contribution in [0.2, 0.25) is 0 Å². The van der Waals surface area contributed by atoms with E-state index in [4.69, 9.17) is 4.74 Å². The zero-order chi connectivity index (χ0) is 10.5. The third-order valence-corrected chi connectivity index (χ3v) is 4.73. The molecule has 2 aliphatic carbocycles. The number of aliphatic hydroxyl groups is 1. The van der Waals surface area contributed by atoms with E-state index in [1.54, 1.807) is 0 Å². The molecule has 0 spiro atoms. The van der Waals surface area contributed by atoms with Crippen molar-refractivity contribution in [3.05, 3.63) is 12.2 Å². The summed E-state index contributed by atoms with van der Waals surface area (Å²) < 4.78 is 5.74. The zero-order valence-corrected chi connectivity index (χ0v) is 9.36. The van der Waals surface area contributed by atoms with Crippen LogP contribution in [0, 0.1) is 23.7 Å². The van der Waals surface area contributed by atoms with E-state index in [2.05, 4.69) is 19.1 Å². The Balaban J connectivity index is 1.98. The predicted molar refractivity (Wildman–Crippen MR) is 58.1 cm³/mol. The molecular formula is C13H20O2. The van der Waals surface area contributed by atoms with Gasteiger partial charge < -0.3 is 9.84 Å². The average molecular weight is 208 g/mol. The molecule has 1 aliphatic heterocycles. The van der Waals surface area contributed by atoms with Gasteiger partial charge in [-0.3, -0.25) is 0 Å². The molecule has 3 rings (SSSR count). The lowest BCUT2D eigenvalue weighted by atomic mass is 9.60. The first-order chi connectivity index (χ1) is 7.22. The van der Waals surface area contributed by atoms with Crippen LogP contribution in [0.1, 0.15) is 32.6 Å². The number of rotatable bonds is 0. The molecular weight excluding hydrogens is 188 g/mol. The molecule has 1 saturated heterocycles. The van der Waals surface area contributed by atoms with Gasteiger partial charge in [0.2, 0.25) is 0 Å². The van der Waals surface area contributed by atoms with Gasteiger partial charge >= 0.3 is 0 Å². The Morgan fingerprint density at radius 2 is 2.20 bits per heavy atom. The Kier molecular flexibility index (Phi) is 2.18. The summed E-state index contributed by atoms with van der Waals surface area (Å²) in [6.07, 6.45) is 9.23. The summed E-state index contributed by atoms with van der Waals surface area (Å²) in [7, 11) is 0. The molecule has 0 amide bonds. The van der Waals surface area contributed by atoms with Crippen molar-refractivity contribution in [3.8, 4) is 0 Å². The Morgan fingerprint density at radius 1 is 1.33 bits per heavy atom. The maximum absolute atomic E-state index is 10.7. The van der Waals surface area contributed by atoms with E-state index < -0.39 is 5.79 Å². The highest BCUT2D eigenvalue weighted by Crippen LogP contribution is 2.52. The number of allylic oxidation sites excluding steroid dienone is 2. The normalized spacial score (nSPS) is 53.7. The summed E-state index contributed by atoms with van der Waals surface area (Å²) in [5.41, 5.74) is 0. The van der Waals surface area contributed by atoms with Crippen molar-refractivity contribution < 1.29 is 9.84 Å². The Hall–Kier alpha value is -0.340. The van der Waals surface area contributed by atoms with Crippen LogP contribution < -0.4 is 0 Å². The second-order valence-electron chi connectivity index (χ2n) is 5.48. The lowest BCUT2D eigenvalue weighted by Crippen LogP contribution is -2.58. The third-order valence-electron chi connectivity index (χ3n) is 4.73. The molecule has 1 N–H and O–H groups in total. The summed E-state index contributed by atoms with van der Waals surface area (Å²) >= 11 is 0. The van der Waals surface area contributed by atoms with Crippen LogP contribution in [-0.4, -0.2) is 17.5 Å². The van der Waals surface area contributed by atoms with Crippen LogP contribution >= 0.6 is 0 Å². The monoisotopic (exact) mass is 208 g/mol. The molecule has 2 fully saturated rings. The van der Waals surface area contributed by atoms with Crippen molar-refractivity contribution in [1.82, 2.24) is 0 Å². The molecule has 2 nitrogen and oxygen atoms in total. The van der Waals surface area contributed by atoms with Gasteiger partial charge in [-0.25, -0.2) is 0 Å². The van der Waals surface area contributed by atoms with Crippen LogP contribution in [-0.2, 0) is 4.74 Å². The molecule has 3 aliphatic rings. The first kappa shape index (κ1) is 9.86. The summed E-state index contributed by atoms with van der Waals surface area (Å²) in [6.45, 7) is 2.86. The number of ether oxygens (including phenoxy) is 1. The first-order valence-electron chi connectivity index (χ1n) is 6.25. The van der Waals surface area contributed by atoms with E-state index in [1.807, 2.05) is 0 Å². The van der Waals surface area contributed by atoms with E-state index in [-0.39, 0.29) is 0 Å². The molecule has 0 aromatic carbocycles. The lowest BCUT2D eigenvalue weighted by molar-refractivity contribution is -0.316. The van der Waals surface area contributed by atoms with Crippen LogP contribution in [0.4, 0.5) is 0 Å². The molecule has 1 saturated carbocycles. The quantitative estimate of drug-likeness (QED) is 0.619. The van der Waals surface area contributed by atoms with Crippen molar-refractivity contribution in [2.75, 3.05) is 6.61 Å². The minimum absolute atomic E-state index is 0.299. The second kappa shape index (κ2) is 3.33. The van der Waals surface area contributed by atoms with Gasteiger partial charge in [0.1, 0.15) is 0 Å². The predicted octanol–water partition coefficient (Wildman–Crippen LogP) is 2.33. The van der Waals surface area contributed by atoms with Gasteiger partial charge in [-0.1, -0.05) is 19.1 Å². The minimum Gasteiger partial charge on any atom is -0.365 e. The highest BCUT2D eigenvalue weighted by Gasteiger charge is 2.54. The van der Waals surface area contributed by atoms with Gasteiger partial charge in [-0.15, -0.1) is 0 Å². The van der Waals surface area contributed by atoms with Crippen LogP contribution in [0.25, 0.3) is 0 Å². The Morgan fingerprint density at radius 3 is 3.07 bits per heavy atom. The van der Waals surface area contributed by atoms with Gasteiger partial charge in [0.25, 0.3) is 0 Å². The van der Waals surface area contributed by atoms with E-state index in [0.717, 1.165) is 25.9 Å². The van der Waals surface area contributed by atoms with Gasteiger partial charge in [0.05, 0.1) is 6.61 Å². The Labute approximate surface area is 91.3 Å². The van der Waals surface area contributed by atoms with Gasteiger partial charge in [0, 0.05) is 11.8 Å². The molecule has 1 unspecified atom stereocenters. The highest BCUT2D eigenvalue weighted by molar-refractivity contribution is 5.09. The largest absolute Gasteiger partial charge is 0.365 e. The summed E-state index contributed by atoms with van der Waals surface area (Å²) in [6, 6.07) is 0. The Bertz CT molecular complexity index is 286. The smallest absolute Gasteiger partial charge is 0.171 e. The van der Waals surface area contributed by atoms with Gasteiger partial charge in [0.15, 0.2) is 5.79 Å². The average Bonchev–Trinajstić information content (AvgIpc) is 2.24. The summed E-state index contributed by atoms with van der Waals surface area (Å²) in [5.74, 6) is 1.05. The molecule has 1 heterocycles. The summed E-state index contributed by atoms with van der Waals surface area (Å²) in [4.78, 5) is 0. The standard InChI is InChI=1S/C13H20O2/c1-9-5-6-10-3-2-4-11-7-8-15-13(9,14)12(10)11/h2,4,9-12,14H,3,5-8H2,1H3/t9-,10-,11?,12-,13+/m1/s1. The maximum atomic E-state index is 10.7. The summed E-state index contributed by atoms with van der Waals surface area (Å²) in [5, 5.41) is 10.7. The van der Waals surface area contributed by atoms with Crippen molar-refractivity contribution in [1.29, 1.82) is 0 Å². The molecule has 84 valence electrons. The molecule has 0 bridgehead atoms. The molecule has 0 aromatic rings. The zero-order valence-electron chi connectivity index (χ0n) is 9.36. The fourth-order valence-electron chi connectivity index (χ4n) is 3.86. The van der Waals surface area contributed by atoms with E-state index in [0.29, 0.717) is 23.7 Å². The third kappa shape index (κ3) is 1.31. The molecule has 5 atom stereocenters. The molecule has 15 heavy (non-hydrogen) atoms.